The van der Waals surface area contributed by atoms with Crippen molar-refractivity contribution < 1.29 is 9.53 Å². The van der Waals surface area contributed by atoms with E-state index in [1.54, 1.807) is 4.90 Å². The van der Waals surface area contributed by atoms with Gasteiger partial charge in [-0.05, 0) is 7.05 Å². The summed E-state index contributed by atoms with van der Waals surface area (Å²) >= 11 is 0. The van der Waals surface area contributed by atoms with E-state index >= 15 is 0 Å². The molecule has 0 spiro atoms. The quantitative estimate of drug-likeness (QED) is 0.769. The van der Waals surface area contributed by atoms with Crippen LogP contribution >= 0.6 is 0 Å². The summed E-state index contributed by atoms with van der Waals surface area (Å²) in [5.41, 5.74) is 0.526. The predicted molar refractivity (Wildman–Crippen MR) is 61.6 cm³/mol. The van der Waals surface area contributed by atoms with Crippen LogP contribution in [0, 0.1) is 0 Å². The van der Waals surface area contributed by atoms with Crippen LogP contribution in [0.3, 0.4) is 0 Å². The second-order valence-electron chi connectivity index (χ2n) is 3.93. The molecule has 1 fully saturated rings. The SMILES string of the molecule is CNCC1CN(C(=O)c2cncnc2)CCO1. The Bertz CT molecular complexity index is 369. The molecule has 0 aromatic carbocycles. The first-order chi connectivity index (χ1) is 8.31. The highest BCUT2D eigenvalue weighted by molar-refractivity contribution is 5.93. The van der Waals surface area contributed by atoms with Crippen LogP contribution in [0.1, 0.15) is 10.4 Å². The molecule has 0 saturated carbocycles. The van der Waals surface area contributed by atoms with E-state index in [2.05, 4.69) is 15.3 Å². The Morgan fingerprint density at radius 1 is 1.59 bits per heavy atom. The molecule has 2 rings (SSSR count). The normalized spacial score (nSPS) is 20.3. The molecule has 2 heterocycles. The topological polar surface area (TPSA) is 67.4 Å². The summed E-state index contributed by atoms with van der Waals surface area (Å²) in [6, 6.07) is 0. The minimum absolute atomic E-state index is 0.0324. The second-order valence-corrected chi connectivity index (χ2v) is 3.93. The number of likely N-dealkylation sites (N-methyl/N-ethyl adjacent to an activating group) is 1. The largest absolute Gasteiger partial charge is 0.373 e. The number of morpholine rings is 1. The molecule has 1 saturated heterocycles. The zero-order valence-electron chi connectivity index (χ0n) is 9.80. The van der Waals surface area contributed by atoms with Gasteiger partial charge in [-0.2, -0.15) is 0 Å². The third-order valence-electron chi connectivity index (χ3n) is 2.67. The van der Waals surface area contributed by atoms with E-state index in [4.69, 9.17) is 4.74 Å². The van der Waals surface area contributed by atoms with Crippen molar-refractivity contribution in [2.75, 3.05) is 33.3 Å². The third-order valence-corrected chi connectivity index (χ3v) is 2.67. The van der Waals surface area contributed by atoms with Crippen molar-refractivity contribution in [2.45, 2.75) is 6.10 Å². The Kier molecular flexibility index (Phi) is 4.00. The average Bonchev–Trinajstić information content (AvgIpc) is 2.40. The van der Waals surface area contributed by atoms with Crippen molar-refractivity contribution in [3.05, 3.63) is 24.3 Å². The lowest BCUT2D eigenvalue weighted by Gasteiger charge is -2.32. The summed E-state index contributed by atoms with van der Waals surface area (Å²) in [7, 11) is 1.87. The minimum atomic E-state index is -0.0324. The number of hydrogen-bond donors (Lipinski definition) is 1. The summed E-state index contributed by atoms with van der Waals surface area (Å²) < 4.78 is 5.55. The van der Waals surface area contributed by atoms with E-state index in [1.807, 2.05) is 7.05 Å². The van der Waals surface area contributed by atoms with Crippen molar-refractivity contribution in [3.8, 4) is 0 Å². The molecule has 1 aromatic heterocycles. The molecule has 1 atom stereocenters. The Morgan fingerprint density at radius 2 is 2.35 bits per heavy atom. The molecule has 1 N–H and O–H groups in total. The predicted octanol–water partition coefficient (Wildman–Crippen LogP) is -0.463. The fourth-order valence-electron chi connectivity index (χ4n) is 1.85. The number of hydrogen-bond acceptors (Lipinski definition) is 5. The zero-order chi connectivity index (χ0) is 12.1. The molecule has 92 valence electrons. The molecule has 1 unspecified atom stereocenters. The maximum absolute atomic E-state index is 12.1. The first-order valence-corrected chi connectivity index (χ1v) is 5.61. The Hall–Kier alpha value is -1.53. The van der Waals surface area contributed by atoms with Crippen molar-refractivity contribution in [1.29, 1.82) is 0 Å². The van der Waals surface area contributed by atoms with Gasteiger partial charge in [-0.15, -0.1) is 0 Å². The van der Waals surface area contributed by atoms with Gasteiger partial charge in [0.2, 0.25) is 0 Å². The van der Waals surface area contributed by atoms with Crippen molar-refractivity contribution in [3.63, 3.8) is 0 Å². The maximum atomic E-state index is 12.1. The average molecular weight is 236 g/mol. The van der Waals surface area contributed by atoms with Gasteiger partial charge in [0.15, 0.2) is 0 Å². The van der Waals surface area contributed by atoms with Gasteiger partial charge in [0.25, 0.3) is 5.91 Å². The van der Waals surface area contributed by atoms with Gasteiger partial charge in [0.1, 0.15) is 6.33 Å². The Balaban J connectivity index is 2.00. The van der Waals surface area contributed by atoms with Crippen LogP contribution in [0.4, 0.5) is 0 Å². The summed E-state index contributed by atoms with van der Waals surface area (Å²) in [5.74, 6) is -0.0324. The lowest BCUT2D eigenvalue weighted by atomic mass is 10.2. The molecular weight excluding hydrogens is 220 g/mol. The summed E-state index contributed by atoms with van der Waals surface area (Å²) in [4.78, 5) is 21.6. The zero-order valence-corrected chi connectivity index (χ0v) is 9.80. The number of ether oxygens (including phenoxy) is 1. The van der Waals surface area contributed by atoms with E-state index in [1.165, 1.54) is 18.7 Å². The first kappa shape index (κ1) is 11.9. The monoisotopic (exact) mass is 236 g/mol. The number of carbonyl (C=O) groups is 1. The summed E-state index contributed by atoms with van der Waals surface area (Å²) in [5, 5.41) is 3.05. The van der Waals surface area contributed by atoms with Gasteiger partial charge >= 0.3 is 0 Å². The fraction of sp³-hybridized carbons (Fsp3) is 0.545. The third kappa shape index (κ3) is 2.98. The molecule has 1 aliphatic rings. The molecule has 1 aliphatic heterocycles. The molecule has 6 heteroatoms. The van der Waals surface area contributed by atoms with Crippen molar-refractivity contribution >= 4 is 5.91 Å². The number of amides is 1. The van der Waals surface area contributed by atoms with Gasteiger partial charge < -0.3 is 15.0 Å². The van der Waals surface area contributed by atoms with E-state index in [-0.39, 0.29) is 12.0 Å². The molecule has 17 heavy (non-hydrogen) atoms. The number of rotatable bonds is 3. The van der Waals surface area contributed by atoms with Crippen LogP contribution in [0.15, 0.2) is 18.7 Å². The molecule has 0 radical (unpaired) electrons. The van der Waals surface area contributed by atoms with Crippen LogP contribution in [-0.4, -0.2) is 60.2 Å². The minimum Gasteiger partial charge on any atom is -0.373 e. The Labute approximate surface area is 100 Å². The lowest BCUT2D eigenvalue weighted by molar-refractivity contribution is -0.0196. The van der Waals surface area contributed by atoms with Crippen LogP contribution in [-0.2, 0) is 4.74 Å². The summed E-state index contributed by atoms with van der Waals surface area (Å²) in [6.07, 6.45) is 4.55. The number of nitrogens with zero attached hydrogens (tertiary/aromatic N) is 3. The lowest BCUT2D eigenvalue weighted by Crippen LogP contribution is -2.48. The first-order valence-electron chi connectivity index (χ1n) is 5.61. The summed E-state index contributed by atoms with van der Waals surface area (Å²) in [6.45, 7) is 2.54. The second kappa shape index (κ2) is 5.70. The van der Waals surface area contributed by atoms with Crippen LogP contribution in [0.5, 0.6) is 0 Å². The standard InChI is InChI=1S/C11H16N4O2/c1-12-6-10-7-15(2-3-17-10)11(16)9-4-13-8-14-5-9/h4-5,8,10,12H,2-3,6-7H2,1H3. The van der Waals surface area contributed by atoms with Gasteiger partial charge in [0.05, 0.1) is 18.3 Å². The van der Waals surface area contributed by atoms with Gasteiger partial charge in [-0.3, -0.25) is 4.79 Å². The van der Waals surface area contributed by atoms with Gasteiger partial charge in [0, 0.05) is 32.0 Å². The number of nitrogens with one attached hydrogen (secondary N) is 1. The van der Waals surface area contributed by atoms with E-state index in [9.17, 15) is 4.79 Å². The maximum Gasteiger partial charge on any atom is 0.257 e. The number of carbonyl (C=O) groups excluding carboxylic acids is 1. The van der Waals surface area contributed by atoms with Crippen molar-refractivity contribution in [1.82, 2.24) is 20.2 Å². The molecule has 0 bridgehead atoms. The van der Waals surface area contributed by atoms with Crippen LogP contribution in [0.2, 0.25) is 0 Å². The van der Waals surface area contributed by atoms with Crippen LogP contribution in [0.25, 0.3) is 0 Å². The Morgan fingerprint density at radius 3 is 3.06 bits per heavy atom. The molecule has 0 aliphatic carbocycles. The number of aromatic nitrogens is 2. The smallest absolute Gasteiger partial charge is 0.257 e. The molecule has 1 aromatic rings. The van der Waals surface area contributed by atoms with Gasteiger partial charge in [-0.1, -0.05) is 0 Å². The highest BCUT2D eigenvalue weighted by Crippen LogP contribution is 2.08. The van der Waals surface area contributed by atoms with E-state index < -0.39 is 0 Å². The van der Waals surface area contributed by atoms with Crippen LogP contribution < -0.4 is 5.32 Å². The molecule has 1 amide bonds. The molecular formula is C11H16N4O2. The van der Waals surface area contributed by atoms with Crippen molar-refractivity contribution in [2.24, 2.45) is 0 Å². The fourth-order valence-corrected chi connectivity index (χ4v) is 1.85. The van der Waals surface area contributed by atoms with E-state index in [0.717, 1.165) is 6.54 Å². The van der Waals surface area contributed by atoms with Gasteiger partial charge in [-0.25, -0.2) is 9.97 Å². The highest BCUT2D eigenvalue weighted by atomic mass is 16.5. The highest BCUT2D eigenvalue weighted by Gasteiger charge is 2.24. The molecule has 6 nitrogen and oxygen atoms in total. The van der Waals surface area contributed by atoms with E-state index in [0.29, 0.717) is 25.3 Å².